The van der Waals surface area contributed by atoms with Crippen molar-refractivity contribution in [3.63, 3.8) is 0 Å². The van der Waals surface area contributed by atoms with E-state index in [2.05, 4.69) is 9.46 Å². The van der Waals surface area contributed by atoms with Crippen LogP contribution in [0.25, 0.3) is 0 Å². The van der Waals surface area contributed by atoms with Gasteiger partial charge in [0.1, 0.15) is 4.90 Å². The third-order valence-corrected chi connectivity index (χ3v) is 5.12. The van der Waals surface area contributed by atoms with Crippen LogP contribution in [0, 0.1) is 13.8 Å². The Kier molecular flexibility index (Phi) is 4.97. The van der Waals surface area contributed by atoms with E-state index in [4.69, 9.17) is 11.6 Å². The van der Waals surface area contributed by atoms with Gasteiger partial charge in [-0.2, -0.15) is 0 Å². The monoisotopic (exact) mass is 353 g/mol. The van der Waals surface area contributed by atoms with Crippen molar-refractivity contribution < 1.29 is 17.9 Å². The fourth-order valence-corrected chi connectivity index (χ4v) is 3.74. The quantitative estimate of drug-likeness (QED) is 0.853. The van der Waals surface area contributed by atoms with Crippen LogP contribution in [0.15, 0.2) is 41.3 Å². The van der Waals surface area contributed by atoms with Crippen LogP contribution in [0.5, 0.6) is 0 Å². The summed E-state index contributed by atoms with van der Waals surface area (Å²) >= 11 is 5.99. The number of sulfonamides is 1. The number of ether oxygens (including phenoxy) is 1. The number of hydrogen-bond donors (Lipinski definition) is 1. The minimum absolute atomic E-state index is 0.0231. The highest BCUT2D eigenvalue weighted by atomic mass is 35.5. The number of esters is 1. The standard InChI is InChI=1S/C16H16ClNO4S/c1-10-4-7-14(11(2)8-10)18-23(20,21)15-9-12(16(19)22-3)5-6-13(15)17/h4-9,18H,1-3H3. The topological polar surface area (TPSA) is 72.5 Å². The van der Waals surface area contributed by atoms with Crippen LogP contribution in [0.2, 0.25) is 5.02 Å². The lowest BCUT2D eigenvalue weighted by molar-refractivity contribution is 0.0600. The minimum atomic E-state index is -3.93. The number of benzene rings is 2. The first-order chi connectivity index (χ1) is 10.7. The van der Waals surface area contributed by atoms with Crippen molar-refractivity contribution in [2.45, 2.75) is 18.7 Å². The zero-order chi connectivity index (χ0) is 17.2. The second-order valence-electron chi connectivity index (χ2n) is 5.06. The largest absolute Gasteiger partial charge is 0.465 e. The molecule has 7 heteroatoms. The zero-order valence-corrected chi connectivity index (χ0v) is 14.5. The van der Waals surface area contributed by atoms with Gasteiger partial charge in [-0.15, -0.1) is 0 Å². The van der Waals surface area contributed by atoms with Crippen molar-refractivity contribution in [1.82, 2.24) is 0 Å². The Morgan fingerprint density at radius 3 is 2.43 bits per heavy atom. The van der Waals surface area contributed by atoms with Gasteiger partial charge in [0.15, 0.2) is 0 Å². The van der Waals surface area contributed by atoms with E-state index in [1.165, 1.54) is 25.3 Å². The maximum Gasteiger partial charge on any atom is 0.337 e. The van der Waals surface area contributed by atoms with E-state index in [0.717, 1.165) is 11.1 Å². The highest BCUT2D eigenvalue weighted by Gasteiger charge is 2.21. The summed E-state index contributed by atoms with van der Waals surface area (Å²) in [6.07, 6.45) is 0. The summed E-state index contributed by atoms with van der Waals surface area (Å²) in [5.41, 5.74) is 2.37. The van der Waals surface area contributed by atoms with Gasteiger partial charge in [-0.05, 0) is 43.7 Å². The summed E-state index contributed by atoms with van der Waals surface area (Å²) in [5.74, 6) is -0.635. The molecule has 0 saturated carbocycles. The molecule has 0 saturated heterocycles. The van der Waals surface area contributed by atoms with Crippen LogP contribution >= 0.6 is 11.6 Å². The van der Waals surface area contributed by atoms with E-state index in [0.29, 0.717) is 5.69 Å². The van der Waals surface area contributed by atoms with Gasteiger partial charge in [-0.3, -0.25) is 4.72 Å². The third kappa shape index (κ3) is 3.83. The molecule has 23 heavy (non-hydrogen) atoms. The molecule has 2 aromatic carbocycles. The van der Waals surface area contributed by atoms with Crippen LogP contribution in [-0.4, -0.2) is 21.5 Å². The fraction of sp³-hybridized carbons (Fsp3) is 0.188. The lowest BCUT2D eigenvalue weighted by atomic mass is 10.1. The van der Waals surface area contributed by atoms with Gasteiger partial charge in [-0.1, -0.05) is 29.3 Å². The molecule has 0 aliphatic carbocycles. The fourth-order valence-electron chi connectivity index (χ4n) is 2.08. The average molecular weight is 354 g/mol. The van der Waals surface area contributed by atoms with Crippen molar-refractivity contribution in [3.05, 3.63) is 58.1 Å². The van der Waals surface area contributed by atoms with Crippen LogP contribution in [0.1, 0.15) is 21.5 Å². The summed E-state index contributed by atoms with van der Waals surface area (Å²) in [7, 11) is -2.71. The highest BCUT2D eigenvalue weighted by Crippen LogP contribution is 2.26. The normalized spacial score (nSPS) is 11.1. The SMILES string of the molecule is COC(=O)c1ccc(Cl)c(S(=O)(=O)Nc2ccc(C)cc2C)c1. The van der Waals surface area contributed by atoms with E-state index in [1.54, 1.807) is 19.1 Å². The molecule has 122 valence electrons. The maximum atomic E-state index is 12.6. The van der Waals surface area contributed by atoms with Gasteiger partial charge < -0.3 is 4.74 Å². The molecule has 0 unspecified atom stereocenters. The van der Waals surface area contributed by atoms with Gasteiger partial charge >= 0.3 is 5.97 Å². The number of halogens is 1. The average Bonchev–Trinajstić information content (AvgIpc) is 2.49. The Morgan fingerprint density at radius 2 is 1.83 bits per heavy atom. The number of hydrogen-bond acceptors (Lipinski definition) is 4. The number of carbonyl (C=O) groups excluding carboxylic acids is 1. The molecule has 0 spiro atoms. The second kappa shape index (κ2) is 6.60. The van der Waals surface area contributed by atoms with Crippen molar-refractivity contribution in [3.8, 4) is 0 Å². The number of aryl methyl sites for hydroxylation is 2. The van der Waals surface area contributed by atoms with Gasteiger partial charge in [0.2, 0.25) is 0 Å². The Hall–Kier alpha value is -2.05. The zero-order valence-electron chi connectivity index (χ0n) is 12.9. The van der Waals surface area contributed by atoms with E-state index in [9.17, 15) is 13.2 Å². The van der Waals surface area contributed by atoms with Crippen LogP contribution < -0.4 is 4.72 Å². The molecular weight excluding hydrogens is 338 g/mol. The molecular formula is C16H16ClNO4S. The maximum absolute atomic E-state index is 12.6. The Labute approximate surface area is 140 Å². The molecule has 5 nitrogen and oxygen atoms in total. The van der Waals surface area contributed by atoms with Gasteiger partial charge in [0.05, 0.1) is 23.4 Å². The van der Waals surface area contributed by atoms with E-state index < -0.39 is 16.0 Å². The predicted molar refractivity (Wildman–Crippen MR) is 89.5 cm³/mol. The number of anilines is 1. The molecule has 0 aliphatic heterocycles. The smallest absolute Gasteiger partial charge is 0.337 e. The van der Waals surface area contributed by atoms with E-state index >= 15 is 0 Å². The van der Waals surface area contributed by atoms with Gasteiger partial charge in [-0.25, -0.2) is 13.2 Å². The summed E-state index contributed by atoms with van der Waals surface area (Å²) in [5, 5.41) is 0.0231. The van der Waals surface area contributed by atoms with Crippen molar-refractivity contribution in [2.75, 3.05) is 11.8 Å². The summed E-state index contributed by atoms with van der Waals surface area (Å²) in [6.45, 7) is 3.72. The highest BCUT2D eigenvalue weighted by molar-refractivity contribution is 7.92. The van der Waals surface area contributed by atoms with Crippen molar-refractivity contribution in [2.24, 2.45) is 0 Å². The number of methoxy groups -OCH3 is 1. The summed E-state index contributed by atoms with van der Waals surface area (Å²) in [4.78, 5) is 11.4. The van der Waals surface area contributed by atoms with Crippen LogP contribution in [0.4, 0.5) is 5.69 Å². The van der Waals surface area contributed by atoms with Crippen LogP contribution in [-0.2, 0) is 14.8 Å². The number of nitrogens with one attached hydrogen (secondary N) is 1. The molecule has 0 aromatic heterocycles. The molecule has 0 atom stereocenters. The Bertz CT molecular complexity index is 862. The number of carbonyl (C=O) groups is 1. The molecule has 0 heterocycles. The summed E-state index contributed by atoms with van der Waals surface area (Å²) < 4.78 is 32.2. The lowest BCUT2D eigenvalue weighted by Gasteiger charge is -2.13. The minimum Gasteiger partial charge on any atom is -0.465 e. The molecule has 0 amide bonds. The van der Waals surface area contributed by atoms with Crippen LogP contribution in [0.3, 0.4) is 0 Å². The van der Waals surface area contributed by atoms with E-state index in [-0.39, 0.29) is 15.5 Å². The molecule has 1 N–H and O–H groups in total. The second-order valence-corrected chi connectivity index (χ2v) is 7.12. The Balaban J connectivity index is 2.45. The van der Waals surface area contributed by atoms with E-state index in [1.807, 2.05) is 13.0 Å². The third-order valence-electron chi connectivity index (χ3n) is 3.27. The molecule has 2 rings (SSSR count). The van der Waals surface area contributed by atoms with Gasteiger partial charge in [0, 0.05) is 0 Å². The predicted octanol–water partition coefficient (Wildman–Crippen LogP) is 3.54. The first-order valence-corrected chi connectivity index (χ1v) is 8.58. The first-order valence-electron chi connectivity index (χ1n) is 6.72. The van der Waals surface area contributed by atoms with Crippen molar-refractivity contribution in [1.29, 1.82) is 0 Å². The molecule has 0 radical (unpaired) electrons. The first kappa shape index (κ1) is 17.3. The molecule has 2 aromatic rings. The van der Waals surface area contributed by atoms with Crippen molar-refractivity contribution >= 4 is 33.3 Å². The van der Waals surface area contributed by atoms with Gasteiger partial charge in [0.25, 0.3) is 10.0 Å². The Morgan fingerprint density at radius 1 is 1.13 bits per heavy atom. The number of rotatable bonds is 4. The molecule has 0 aliphatic rings. The summed E-state index contributed by atoms with van der Waals surface area (Å²) in [6, 6.07) is 9.30. The molecule has 0 bridgehead atoms. The molecule has 0 fully saturated rings. The lowest BCUT2D eigenvalue weighted by Crippen LogP contribution is -2.15.